The SMILES string of the molecule is [CH]C[C@@]1(C)C(=O)CC[C@@H]2[C@@H]1CC[C@]1(C)C(c3cccnc3)=CC[C@@H]21. The van der Waals surface area contributed by atoms with Gasteiger partial charge in [-0.25, -0.2) is 0 Å². The second-order valence-corrected chi connectivity index (χ2v) is 8.51. The number of ketones is 1. The van der Waals surface area contributed by atoms with Gasteiger partial charge in [0.15, 0.2) is 0 Å². The smallest absolute Gasteiger partial charge is 0.139 e. The maximum absolute atomic E-state index is 12.6. The van der Waals surface area contributed by atoms with Gasteiger partial charge in [-0.2, -0.15) is 0 Å². The van der Waals surface area contributed by atoms with Gasteiger partial charge in [-0.15, -0.1) is 0 Å². The van der Waals surface area contributed by atoms with Crippen LogP contribution in [-0.4, -0.2) is 10.8 Å². The summed E-state index contributed by atoms with van der Waals surface area (Å²) in [5.41, 5.74) is 2.67. The maximum Gasteiger partial charge on any atom is 0.139 e. The molecule has 0 aliphatic heterocycles. The molecule has 3 aliphatic carbocycles. The molecule has 2 saturated carbocycles. The molecule has 0 spiro atoms. The van der Waals surface area contributed by atoms with Crippen molar-refractivity contribution in [2.75, 3.05) is 0 Å². The summed E-state index contributed by atoms with van der Waals surface area (Å²) < 4.78 is 0. The second kappa shape index (κ2) is 5.54. The van der Waals surface area contributed by atoms with Crippen LogP contribution in [0.15, 0.2) is 30.6 Å². The fraction of sp³-hybridized carbons (Fsp3) is 0.591. The van der Waals surface area contributed by atoms with Gasteiger partial charge < -0.3 is 0 Å². The van der Waals surface area contributed by atoms with Crippen LogP contribution in [0.2, 0.25) is 0 Å². The van der Waals surface area contributed by atoms with E-state index in [9.17, 15) is 4.79 Å². The number of hydrogen-bond donors (Lipinski definition) is 0. The van der Waals surface area contributed by atoms with Crippen molar-refractivity contribution in [3.63, 3.8) is 0 Å². The van der Waals surface area contributed by atoms with Crippen LogP contribution in [-0.2, 0) is 4.79 Å². The van der Waals surface area contributed by atoms with Gasteiger partial charge in [0.05, 0.1) is 0 Å². The van der Waals surface area contributed by atoms with Crippen LogP contribution in [0.5, 0.6) is 0 Å². The van der Waals surface area contributed by atoms with E-state index in [1.807, 2.05) is 18.5 Å². The molecule has 2 fully saturated rings. The molecule has 3 aliphatic rings. The molecule has 4 rings (SSSR count). The van der Waals surface area contributed by atoms with Crippen LogP contribution < -0.4 is 0 Å². The zero-order chi connectivity index (χ0) is 16.9. The lowest BCUT2D eigenvalue weighted by molar-refractivity contribution is -0.142. The van der Waals surface area contributed by atoms with Crippen molar-refractivity contribution in [1.82, 2.24) is 4.98 Å². The normalized spacial score (nSPS) is 41.5. The lowest BCUT2D eigenvalue weighted by atomic mass is 9.48. The maximum atomic E-state index is 12.6. The number of nitrogens with zero attached hydrogens (tertiary/aromatic N) is 1. The van der Waals surface area contributed by atoms with Crippen LogP contribution in [0.4, 0.5) is 0 Å². The quantitative estimate of drug-likeness (QED) is 0.768. The largest absolute Gasteiger partial charge is 0.299 e. The van der Waals surface area contributed by atoms with Gasteiger partial charge in [0.2, 0.25) is 0 Å². The highest BCUT2D eigenvalue weighted by molar-refractivity contribution is 5.86. The summed E-state index contributed by atoms with van der Waals surface area (Å²) in [5, 5.41) is 0. The zero-order valence-electron chi connectivity index (χ0n) is 14.8. The first-order chi connectivity index (χ1) is 11.5. The first-order valence-electron chi connectivity index (χ1n) is 9.35. The van der Waals surface area contributed by atoms with Gasteiger partial charge in [0, 0.05) is 24.2 Å². The topological polar surface area (TPSA) is 30.0 Å². The van der Waals surface area contributed by atoms with Crippen molar-refractivity contribution in [1.29, 1.82) is 0 Å². The van der Waals surface area contributed by atoms with Crippen molar-refractivity contribution in [3.05, 3.63) is 43.1 Å². The molecule has 2 heteroatoms. The highest BCUT2D eigenvalue weighted by atomic mass is 16.1. The Bertz CT molecular complexity index is 678. The number of fused-ring (bicyclic) bond motifs is 3. The van der Waals surface area contributed by atoms with Crippen molar-refractivity contribution < 1.29 is 4.79 Å². The molecule has 126 valence electrons. The molecule has 5 atom stereocenters. The van der Waals surface area contributed by atoms with E-state index in [0.717, 1.165) is 25.7 Å². The summed E-state index contributed by atoms with van der Waals surface area (Å²) >= 11 is 0. The average Bonchev–Trinajstić information content (AvgIpc) is 2.96. The predicted octanol–water partition coefficient (Wildman–Crippen LogP) is 4.99. The van der Waals surface area contributed by atoms with Crippen LogP contribution in [0, 0.1) is 35.5 Å². The number of carbonyl (C=O) groups is 1. The van der Waals surface area contributed by atoms with Gasteiger partial charge in [0.1, 0.15) is 5.78 Å². The Balaban J connectivity index is 1.67. The first-order valence-corrected chi connectivity index (χ1v) is 9.35. The standard InChI is InChI=1S/C22H27NO/c1-4-21(2)19-11-12-22(3)17(15-6-5-13-23-14-15)8-9-18(22)16(19)7-10-20(21)24/h1,5-6,8,13-14,16,18-19H,4,7,9-12H2,2-3H3/t16-,18-,19-,21+,22+/m0/s1. The highest BCUT2D eigenvalue weighted by Gasteiger charge is 2.57. The summed E-state index contributed by atoms with van der Waals surface area (Å²) in [6.07, 6.45) is 12.0. The molecule has 24 heavy (non-hydrogen) atoms. The van der Waals surface area contributed by atoms with E-state index in [-0.39, 0.29) is 10.8 Å². The van der Waals surface area contributed by atoms with Crippen LogP contribution >= 0.6 is 0 Å². The van der Waals surface area contributed by atoms with E-state index < -0.39 is 0 Å². The van der Waals surface area contributed by atoms with E-state index in [0.29, 0.717) is 36.4 Å². The van der Waals surface area contributed by atoms with Crippen molar-refractivity contribution in [3.8, 4) is 0 Å². The molecule has 0 bridgehead atoms. The lowest BCUT2D eigenvalue weighted by Crippen LogP contribution is -2.51. The number of Topliss-reactive ketones (excluding diaryl/α,β-unsaturated/α-hetero) is 1. The highest BCUT2D eigenvalue weighted by Crippen LogP contribution is 2.64. The molecule has 0 N–H and O–H groups in total. The second-order valence-electron chi connectivity index (χ2n) is 8.51. The molecule has 0 amide bonds. The molecule has 2 nitrogen and oxygen atoms in total. The Kier molecular flexibility index (Phi) is 3.71. The summed E-state index contributed by atoms with van der Waals surface area (Å²) in [4.78, 5) is 16.9. The molecule has 1 aromatic rings. The minimum Gasteiger partial charge on any atom is -0.299 e. The Morgan fingerprint density at radius 2 is 2.12 bits per heavy atom. The zero-order valence-corrected chi connectivity index (χ0v) is 14.8. The predicted molar refractivity (Wildman–Crippen MR) is 95.9 cm³/mol. The molecular formula is C22H27NO. The Labute approximate surface area is 145 Å². The van der Waals surface area contributed by atoms with Gasteiger partial charge in [-0.3, -0.25) is 9.78 Å². The minimum absolute atomic E-state index is 0.222. The van der Waals surface area contributed by atoms with Gasteiger partial charge in [-0.05, 0) is 79.4 Å². The first kappa shape index (κ1) is 16.1. The van der Waals surface area contributed by atoms with Crippen molar-refractivity contribution in [2.24, 2.45) is 28.6 Å². The number of pyridine rings is 1. The fourth-order valence-electron chi connectivity index (χ4n) is 6.07. The summed E-state index contributed by atoms with van der Waals surface area (Å²) in [7, 11) is 0. The number of rotatable bonds is 2. The van der Waals surface area contributed by atoms with E-state index in [2.05, 4.69) is 31.0 Å². The number of allylic oxidation sites excluding steroid dienone is 2. The van der Waals surface area contributed by atoms with E-state index in [4.69, 9.17) is 6.92 Å². The number of aromatic nitrogens is 1. The molecule has 1 heterocycles. The number of carbonyl (C=O) groups excluding carboxylic acids is 1. The third-order valence-electron chi connectivity index (χ3n) is 7.57. The fourth-order valence-corrected chi connectivity index (χ4v) is 6.07. The lowest BCUT2D eigenvalue weighted by Gasteiger charge is -2.55. The molecule has 0 saturated heterocycles. The molecular weight excluding hydrogens is 294 g/mol. The molecule has 0 aromatic carbocycles. The van der Waals surface area contributed by atoms with Gasteiger partial charge in [0.25, 0.3) is 0 Å². The van der Waals surface area contributed by atoms with Crippen LogP contribution in [0.1, 0.15) is 57.9 Å². The van der Waals surface area contributed by atoms with Crippen molar-refractivity contribution >= 4 is 11.4 Å². The van der Waals surface area contributed by atoms with Crippen molar-refractivity contribution in [2.45, 2.75) is 52.4 Å². The van der Waals surface area contributed by atoms with Crippen LogP contribution in [0.25, 0.3) is 5.57 Å². The molecule has 1 aromatic heterocycles. The Morgan fingerprint density at radius 3 is 2.83 bits per heavy atom. The van der Waals surface area contributed by atoms with Gasteiger partial charge >= 0.3 is 0 Å². The average molecular weight is 321 g/mol. The third kappa shape index (κ3) is 2.08. The van der Waals surface area contributed by atoms with E-state index in [1.165, 1.54) is 11.1 Å². The Morgan fingerprint density at radius 1 is 1.29 bits per heavy atom. The molecule has 2 radical (unpaired) electrons. The molecule has 0 unspecified atom stereocenters. The van der Waals surface area contributed by atoms with E-state index in [1.54, 1.807) is 0 Å². The third-order valence-corrected chi connectivity index (χ3v) is 7.57. The van der Waals surface area contributed by atoms with E-state index >= 15 is 0 Å². The monoisotopic (exact) mass is 321 g/mol. The minimum atomic E-state index is -0.304. The summed E-state index contributed by atoms with van der Waals surface area (Å²) in [6, 6.07) is 4.22. The Hall–Kier alpha value is -1.44. The summed E-state index contributed by atoms with van der Waals surface area (Å²) in [6.45, 7) is 10.6. The number of hydrogen-bond acceptors (Lipinski definition) is 2. The van der Waals surface area contributed by atoms with Crippen LogP contribution in [0.3, 0.4) is 0 Å². The summed E-state index contributed by atoms with van der Waals surface area (Å²) in [5.74, 6) is 2.13. The van der Waals surface area contributed by atoms with Gasteiger partial charge in [-0.1, -0.05) is 26.0 Å².